The van der Waals surface area contributed by atoms with Crippen molar-refractivity contribution in [3.8, 4) is 0 Å². The highest BCUT2D eigenvalue weighted by atomic mass is 35.5. The van der Waals surface area contributed by atoms with Gasteiger partial charge in [-0.1, -0.05) is 30.1 Å². The molecule has 0 N–H and O–H groups in total. The average molecular weight is 327 g/mol. The number of Topliss-reactive ketones (excluding diaryl/α,β-unsaturated/α-hetero) is 1. The van der Waals surface area contributed by atoms with Crippen molar-refractivity contribution in [3.05, 3.63) is 39.5 Å². The lowest BCUT2D eigenvalue weighted by atomic mass is 9.96. The third-order valence-corrected chi connectivity index (χ3v) is 3.69. The third kappa shape index (κ3) is 3.06. The quantitative estimate of drug-likeness (QED) is 0.782. The second-order valence-electron chi connectivity index (χ2n) is 5.06. The first-order chi connectivity index (χ1) is 9.85. The molecule has 0 aliphatic carbocycles. The standard InChI is InChI=1S/C15H16Cl2N2O2/c1-4-13(20)19-8-9(7-18(2)3)15(21)11-5-10(16)6-12(17)14(11)19/h5-7H,4,8H2,1-3H3/b9-7-. The third-order valence-electron chi connectivity index (χ3n) is 3.18. The summed E-state index contributed by atoms with van der Waals surface area (Å²) in [5.41, 5.74) is 1.36. The SMILES string of the molecule is CCC(=O)N1C/C(=C/N(C)C)C(=O)c2cc(Cl)cc(Cl)c21. The van der Waals surface area contributed by atoms with Crippen LogP contribution >= 0.6 is 23.2 Å². The summed E-state index contributed by atoms with van der Waals surface area (Å²) in [4.78, 5) is 28.1. The summed E-state index contributed by atoms with van der Waals surface area (Å²) in [6.45, 7) is 2.00. The van der Waals surface area contributed by atoms with Crippen LogP contribution in [0.4, 0.5) is 5.69 Å². The van der Waals surface area contributed by atoms with Crippen molar-refractivity contribution in [3.63, 3.8) is 0 Å². The molecule has 1 heterocycles. The Morgan fingerprint density at radius 1 is 1.38 bits per heavy atom. The van der Waals surface area contributed by atoms with E-state index in [9.17, 15) is 9.59 Å². The lowest BCUT2D eigenvalue weighted by Gasteiger charge is -2.31. The van der Waals surface area contributed by atoms with Crippen molar-refractivity contribution in [1.82, 2.24) is 4.90 Å². The maximum absolute atomic E-state index is 12.6. The fourth-order valence-electron chi connectivity index (χ4n) is 2.32. The monoisotopic (exact) mass is 326 g/mol. The summed E-state index contributed by atoms with van der Waals surface area (Å²) < 4.78 is 0. The summed E-state index contributed by atoms with van der Waals surface area (Å²) in [5.74, 6) is -0.235. The van der Waals surface area contributed by atoms with Gasteiger partial charge < -0.3 is 9.80 Å². The zero-order valence-corrected chi connectivity index (χ0v) is 13.6. The van der Waals surface area contributed by atoms with Gasteiger partial charge in [-0.05, 0) is 12.1 Å². The zero-order valence-electron chi connectivity index (χ0n) is 12.1. The number of halogens is 2. The van der Waals surface area contributed by atoms with Gasteiger partial charge in [0.2, 0.25) is 5.91 Å². The van der Waals surface area contributed by atoms with Crippen molar-refractivity contribution in [2.24, 2.45) is 0 Å². The molecule has 1 aliphatic heterocycles. The van der Waals surface area contributed by atoms with Gasteiger partial charge in [0.25, 0.3) is 0 Å². The largest absolute Gasteiger partial charge is 0.383 e. The molecule has 0 fully saturated rings. The molecule has 0 radical (unpaired) electrons. The van der Waals surface area contributed by atoms with Gasteiger partial charge in [0.15, 0.2) is 5.78 Å². The van der Waals surface area contributed by atoms with Crippen LogP contribution in [0.1, 0.15) is 23.7 Å². The molecule has 0 aromatic heterocycles. The van der Waals surface area contributed by atoms with E-state index in [0.29, 0.717) is 33.3 Å². The fraction of sp³-hybridized carbons (Fsp3) is 0.333. The Hall–Kier alpha value is -1.52. The fourth-order valence-corrected chi connectivity index (χ4v) is 2.92. The molecule has 4 nitrogen and oxygen atoms in total. The Kier molecular flexibility index (Phi) is 4.59. The van der Waals surface area contributed by atoms with E-state index in [1.807, 2.05) is 14.1 Å². The van der Waals surface area contributed by atoms with Gasteiger partial charge in [0, 0.05) is 42.9 Å². The minimum absolute atomic E-state index is 0.0855. The molecule has 112 valence electrons. The van der Waals surface area contributed by atoms with Crippen molar-refractivity contribution in [2.45, 2.75) is 13.3 Å². The van der Waals surface area contributed by atoms with Crippen LogP contribution in [0, 0.1) is 0 Å². The van der Waals surface area contributed by atoms with Crippen molar-refractivity contribution in [1.29, 1.82) is 0 Å². The lowest BCUT2D eigenvalue weighted by Crippen LogP contribution is -2.39. The molecule has 0 bridgehead atoms. The summed E-state index contributed by atoms with van der Waals surface area (Å²) >= 11 is 12.2. The number of fused-ring (bicyclic) bond motifs is 1. The summed E-state index contributed by atoms with van der Waals surface area (Å²) in [5, 5.41) is 0.693. The minimum Gasteiger partial charge on any atom is -0.383 e. The molecule has 0 saturated heterocycles. The number of hydrogen-bond acceptors (Lipinski definition) is 3. The Balaban J connectivity index is 2.65. The number of amides is 1. The smallest absolute Gasteiger partial charge is 0.227 e. The highest BCUT2D eigenvalue weighted by Gasteiger charge is 2.32. The van der Waals surface area contributed by atoms with Gasteiger partial charge in [-0.25, -0.2) is 0 Å². The molecule has 1 aliphatic rings. The molecule has 1 amide bonds. The first-order valence-corrected chi connectivity index (χ1v) is 7.32. The minimum atomic E-state index is -0.150. The number of carbonyl (C=O) groups excluding carboxylic acids is 2. The maximum atomic E-state index is 12.6. The van der Waals surface area contributed by atoms with Crippen LogP contribution in [0.2, 0.25) is 10.0 Å². The van der Waals surface area contributed by atoms with Gasteiger partial charge >= 0.3 is 0 Å². The predicted molar refractivity (Wildman–Crippen MR) is 85.2 cm³/mol. The van der Waals surface area contributed by atoms with Crippen LogP contribution in [0.3, 0.4) is 0 Å². The molecular weight excluding hydrogens is 311 g/mol. The number of benzene rings is 1. The number of carbonyl (C=O) groups is 2. The molecule has 1 aromatic carbocycles. The topological polar surface area (TPSA) is 40.6 Å². The van der Waals surface area contributed by atoms with E-state index in [2.05, 4.69) is 0 Å². The van der Waals surface area contributed by atoms with Gasteiger partial charge in [0.1, 0.15) is 0 Å². The second kappa shape index (κ2) is 6.08. The number of ketones is 1. The van der Waals surface area contributed by atoms with E-state index in [1.165, 1.54) is 0 Å². The lowest BCUT2D eigenvalue weighted by molar-refractivity contribution is -0.118. The average Bonchev–Trinajstić information content (AvgIpc) is 2.40. The van der Waals surface area contributed by atoms with Crippen molar-refractivity contribution >= 4 is 40.6 Å². The van der Waals surface area contributed by atoms with Gasteiger partial charge in [-0.2, -0.15) is 0 Å². The van der Waals surface area contributed by atoms with Crippen molar-refractivity contribution in [2.75, 3.05) is 25.5 Å². The Bertz CT molecular complexity index is 639. The Morgan fingerprint density at radius 2 is 2.05 bits per heavy atom. The predicted octanol–water partition coefficient (Wildman–Crippen LogP) is 3.38. The maximum Gasteiger partial charge on any atom is 0.227 e. The van der Waals surface area contributed by atoms with Crippen LogP contribution in [-0.4, -0.2) is 37.2 Å². The van der Waals surface area contributed by atoms with Crippen LogP contribution in [0.25, 0.3) is 0 Å². The van der Waals surface area contributed by atoms with Crippen LogP contribution < -0.4 is 4.90 Å². The van der Waals surface area contributed by atoms with Crippen LogP contribution in [-0.2, 0) is 4.79 Å². The first kappa shape index (κ1) is 15.9. The molecular formula is C15H16Cl2N2O2. The van der Waals surface area contributed by atoms with Gasteiger partial charge in [-0.15, -0.1) is 0 Å². The van der Waals surface area contributed by atoms with Crippen molar-refractivity contribution < 1.29 is 9.59 Å². The van der Waals surface area contributed by atoms with Gasteiger partial charge in [0.05, 0.1) is 17.3 Å². The highest BCUT2D eigenvalue weighted by molar-refractivity contribution is 6.39. The van der Waals surface area contributed by atoms with Gasteiger partial charge in [-0.3, -0.25) is 9.59 Å². The van der Waals surface area contributed by atoms with Crippen LogP contribution in [0.15, 0.2) is 23.9 Å². The molecule has 0 unspecified atom stereocenters. The summed E-state index contributed by atoms with van der Waals surface area (Å²) in [6, 6.07) is 3.11. The second-order valence-corrected chi connectivity index (χ2v) is 5.91. The number of anilines is 1. The summed E-state index contributed by atoms with van der Waals surface area (Å²) in [7, 11) is 3.65. The van der Waals surface area contributed by atoms with E-state index in [0.717, 1.165) is 0 Å². The van der Waals surface area contributed by atoms with E-state index in [4.69, 9.17) is 23.2 Å². The molecule has 0 spiro atoms. The molecule has 21 heavy (non-hydrogen) atoms. The number of rotatable bonds is 2. The zero-order chi connectivity index (χ0) is 15.7. The van der Waals surface area contributed by atoms with E-state index >= 15 is 0 Å². The molecule has 0 saturated carbocycles. The summed E-state index contributed by atoms with van der Waals surface area (Å²) in [6.07, 6.45) is 2.05. The van der Waals surface area contributed by atoms with Crippen LogP contribution in [0.5, 0.6) is 0 Å². The van der Waals surface area contributed by atoms with E-state index in [-0.39, 0.29) is 18.2 Å². The number of nitrogens with zero attached hydrogens (tertiary/aromatic N) is 2. The molecule has 0 atom stereocenters. The highest BCUT2D eigenvalue weighted by Crippen LogP contribution is 2.38. The Morgan fingerprint density at radius 3 is 2.62 bits per heavy atom. The molecule has 2 rings (SSSR count). The van der Waals surface area contributed by atoms with E-state index in [1.54, 1.807) is 35.1 Å². The molecule has 6 heteroatoms. The Labute approximate surface area is 133 Å². The molecule has 1 aromatic rings. The number of hydrogen-bond donors (Lipinski definition) is 0. The first-order valence-electron chi connectivity index (χ1n) is 6.56. The van der Waals surface area contributed by atoms with E-state index < -0.39 is 0 Å². The normalized spacial score (nSPS) is 16.1.